The molecule has 4 nitrogen and oxygen atoms in total. The van der Waals surface area contributed by atoms with Crippen LogP contribution in [0.2, 0.25) is 0 Å². The van der Waals surface area contributed by atoms with Crippen LogP contribution in [0.3, 0.4) is 0 Å². The molecule has 4 heteroatoms. The van der Waals surface area contributed by atoms with Gasteiger partial charge in [-0.15, -0.1) is 0 Å². The number of carbonyl (C=O) groups is 1. The zero-order chi connectivity index (χ0) is 15.8. The van der Waals surface area contributed by atoms with E-state index in [2.05, 4.69) is 6.92 Å². The summed E-state index contributed by atoms with van der Waals surface area (Å²) in [5.41, 5.74) is 7.03. The molecule has 1 amide bonds. The lowest BCUT2D eigenvalue weighted by molar-refractivity contribution is 0.0702. The summed E-state index contributed by atoms with van der Waals surface area (Å²) in [5.74, 6) is 0.674. The van der Waals surface area contributed by atoms with E-state index in [1.165, 1.54) is 0 Å². The Morgan fingerprint density at radius 2 is 1.95 bits per heavy atom. The van der Waals surface area contributed by atoms with Crippen LogP contribution < -0.4 is 10.5 Å². The van der Waals surface area contributed by atoms with Crippen molar-refractivity contribution in [2.75, 3.05) is 18.9 Å². The van der Waals surface area contributed by atoms with E-state index in [0.29, 0.717) is 23.6 Å². The standard InChI is InChI=1S/C17H28N2O2/c1-5-7-8-9-19(13(3)4)17(20)14-10-15(18)12-16(11-14)21-6-2/h10-13H,5-9,18H2,1-4H3. The van der Waals surface area contributed by atoms with Crippen molar-refractivity contribution >= 4 is 11.6 Å². The lowest BCUT2D eigenvalue weighted by atomic mass is 10.1. The number of carbonyl (C=O) groups excluding carboxylic acids is 1. The van der Waals surface area contributed by atoms with Gasteiger partial charge >= 0.3 is 0 Å². The van der Waals surface area contributed by atoms with Crippen molar-refractivity contribution in [3.8, 4) is 5.75 Å². The van der Waals surface area contributed by atoms with Gasteiger partial charge in [0.2, 0.25) is 0 Å². The highest BCUT2D eigenvalue weighted by Gasteiger charge is 2.19. The minimum atomic E-state index is 0.0226. The topological polar surface area (TPSA) is 55.6 Å². The number of nitrogen functional groups attached to an aromatic ring is 1. The van der Waals surface area contributed by atoms with Crippen LogP contribution in [0, 0.1) is 0 Å². The van der Waals surface area contributed by atoms with Gasteiger partial charge in [0.25, 0.3) is 5.91 Å². The molecule has 0 aliphatic rings. The lowest BCUT2D eigenvalue weighted by Gasteiger charge is -2.27. The van der Waals surface area contributed by atoms with E-state index in [0.717, 1.165) is 25.8 Å². The van der Waals surface area contributed by atoms with Gasteiger partial charge in [0.15, 0.2) is 0 Å². The number of ether oxygens (including phenoxy) is 1. The fraction of sp³-hybridized carbons (Fsp3) is 0.588. The van der Waals surface area contributed by atoms with Crippen LogP contribution in [-0.4, -0.2) is 30.0 Å². The molecule has 0 unspecified atom stereocenters. The van der Waals surface area contributed by atoms with Gasteiger partial charge in [0.05, 0.1) is 6.61 Å². The largest absolute Gasteiger partial charge is 0.494 e. The fourth-order valence-corrected chi connectivity index (χ4v) is 2.29. The molecule has 0 spiro atoms. The van der Waals surface area contributed by atoms with Crippen LogP contribution in [0.4, 0.5) is 5.69 Å². The Morgan fingerprint density at radius 1 is 1.24 bits per heavy atom. The Morgan fingerprint density at radius 3 is 2.52 bits per heavy atom. The molecule has 0 radical (unpaired) electrons. The first-order valence-electron chi connectivity index (χ1n) is 7.83. The number of hydrogen-bond donors (Lipinski definition) is 1. The summed E-state index contributed by atoms with van der Waals surface area (Å²) in [6.45, 7) is 9.49. The first kappa shape index (κ1) is 17.3. The van der Waals surface area contributed by atoms with Crippen molar-refractivity contribution < 1.29 is 9.53 Å². The molecular weight excluding hydrogens is 264 g/mol. The molecule has 0 aliphatic carbocycles. The number of nitrogens with two attached hydrogens (primary N) is 1. The van der Waals surface area contributed by atoms with Crippen molar-refractivity contribution in [1.29, 1.82) is 0 Å². The van der Waals surface area contributed by atoms with E-state index in [4.69, 9.17) is 10.5 Å². The molecule has 0 saturated heterocycles. The molecule has 0 atom stereocenters. The number of unbranched alkanes of at least 4 members (excludes halogenated alkanes) is 2. The minimum absolute atomic E-state index is 0.0226. The average Bonchev–Trinajstić information content (AvgIpc) is 2.42. The Labute approximate surface area is 128 Å². The monoisotopic (exact) mass is 292 g/mol. The zero-order valence-electron chi connectivity index (χ0n) is 13.7. The van der Waals surface area contributed by atoms with Crippen molar-refractivity contribution in [2.45, 2.75) is 53.0 Å². The van der Waals surface area contributed by atoms with E-state index in [1.807, 2.05) is 25.7 Å². The second kappa shape index (κ2) is 8.55. The van der Waals surface area contributed by atoms with Crippen LogP contribution in [0.15, 0.2) is 18.2 Å². The van der Waals surface area contributed by atoms with E-state index >= 15 is 0 Å². The van der Waals surface area contributed by atoms with Gasteiger partial charge < -0.3 is 15.4 Å². The Hall–Kier alpha value is -1.71. The summed E-state index contributed by atoms with van der Waals surface area (Å²) in [4.78, 5) is 14.6. The summed E-state index contributed by atoms with van der Waals surface area (Å²) in [6.07, 6.45) is 3.31. The van der Waals surface area contributed by atoms with Crippen LogP contribution in [0.5, 0.6) is 5.75 Å². The van der Waals surface area contributed by atoms with Crippen molar-refractivity contribution in [1.82, 2.24) is 4.90 Å². The molecule has 1 aromatic rings. The van der Waals surface area contributed by atoms with E-state index in [9.17, 15) is 4.79 Å². The molecule has 0 heterocycles. The highest BCUT2D eigenvalue weighted by molar-refractivity contribution is 5.95. The average molecular weight is 292 g/mol. The van der Waals surface area contributed by atoms with Gasteiger partial charge in [-0.25, -0.2) is 0 Å². The molecular formula is C17H28N2O2. The van der Waals surface area contributed by atoms with Crippen LogP contribution in [0.1, 0.15) is 57.3 Å². The second-order valence-corrected chi connectivity index (χ2v) is 5.52. The van der Waals surface area contributed by atoms with Crippen LogP contribution >= 0.6 is 0 Å². The molecule has 0 saturated carbocycles. The fourth-order valence-electron chi connectivity index (χ4n) is 2.29. The Kier molecular flexibility index (Phi) is 7.06. The molecule has 2 N–H and O–H groups in total. The summed E-state index contributed by atoms with van der Waals surface area (Å²) in [7, 11) is 0. The molecule has 0 aromatic heterocycles. The van der Waals surface area contributed by atoms with Gasteiger partial charge in [0.1, 0.15) is 5.75 Å². The number of rotatable bonds is 8. The summed E-state index contributed by atoms with van der Waals surface area (Å²) in [5, 5.41) is 0. The van der Waals surface area contributed by atoms with Crippen LogP contribution in [-0.2, 0) is 0 Å². The predicted octanol–water partition coefficient (Wildman–Crippen LogP) is 3.71. The highest BCUT2D eigenvalue weighted by atomic mass is 16.5. The normalized spacial score (nSPS) is 10.7. The molecule has 0 aliphatic heterocycles. The Balaban J connectivity index is 2.92. The number of anilines is 1. The van der Waals surface area contributed by atoms with Gasteiger partial charge in [0, 0.05) is 29.9 Å². The van der Waals surface area contributed by atoms with Gasteiger partial charge in [-0.05, 0) is 39.3 Å². The highest BCUT2D eigenvalue weighted by Crippen LogP contribution is 2.21. The second-order valence-electron chi connectivity index (χ2n) is 5.52. The predicted molar refractivity (Wildman–Crippen MR) is 87.7 cm³/mol. The smallest absolute Gasteiger partial charge is 0.254 e. The Bertz CT molecular complexity index is 458. The quantitative estimate of drug-likeness (QED) is 0.587. The van der Waals surface area contributed by atoms with Crippen molar-refractivity contribution in [3.05, 3.63) is 23.8 Å². The maximum Gasteiger partial charge on any atom is 0.254 e. The third kappa shape index (κ3) is 5.29. The number of benzene rings is 1. The van der Waals surface area contributed by atoms with Crippen LogP contribution in [0.25, 0.3) is 0 Å². The molecule has 0 fully saturated rings. The first-order chi connectivity index (χ1) is 9.99. The molecule has 0 bridgehead atoms. The SMILES string of the molecule is CCCCCN(C(=O)c1cc(N)cc(OCC)c1)C(C)C. The summed E-state index contributed by atoms with van der Waals surface area (Å²) < 4.78 is 5.47. The molecule has 118 valence electrons. The maximum atomic E-state index is 12.7. The van der Waals surface area contributed by atoms with Crippen molar-refractivity contribution in [3.63, 3.8) is 0 Å². The van der Waals surface area contributed by atoms with E-state index in [-0.39, 0.29) is 11.9 Å². The maximum absolute atomic E-state index is 12.7. The van der Waals surface area contributed by atoms with E-state index < -0.39 is 0 Å². The molecule has 21 heavy (non-hydrogen) atoms. The minimum Gasteiger partial charge on any atom is -0.494 e. The zero-order valence-corrected chi connectivity index (χ0v) is 13.7. The summed E-state index contributed by atoms with van der Waals surface area (Å²) >= 11 is 0. The number of hydrogen-bond acceptors (Lipinski definition) is 3. The number of amides is 1. The molecule has 1 rings (SSSR count). The van der Waals surface area contributed by atoms with Gasteiger partial charge in [-0.3, -0.25) is 4.79 Å². The summed E-state index contributed by atoms with van der Waals surface area (Å²) in [6, 6.07) is 5.42. The third-order valence-corrected chi connectivity index (χ3v) is 3.37. The number of nitrogens with zero attached hydrogens (tertiary/aromatic N) is 1. The van der Waals surface area contributed by atoms with Crippen molar-refractivity contribution in [2.24, 2.45) is 0 Å². The third-order valence-electron chi connectivity index (χ3n) is 3.37. The molecule has 1 aromatic carbocycles. The van der Waals surface area contributed by atoms with E-state index in [1.54, 1.807) is 18.2 Å². The van der Waals surface area contributed by atoms with Gasteiger partial charge in [-0.2, -0.15) is 0 Å². The first-order valence-corrected chi connectivity index (χ1v) is 7.83. The lowest BCUT2D eigenvalue weighted by Crippen LogP contribution is -2.37. The van der Waals surface area contributed by atoms with Gasteiger partial charge in [-0.1, -0.05) is 19.8 Å².